The molecule has 2 fully saturated rings. The van der Waals surface area contributed by atoms with Crippen LogP contribution < -0.4 is 5.32 Å². The van der Waals surface area contributed by atoms with Crippen LogP contribution in [-0.4, -0.2) is 57.0 Å². The van der Waals surface area contributed by atoms with Crippen molar-refractivity contribution in [3.05, 3.63) is 22.4 Å². The summed E-state index contributed by atoms with van der Waals surface area (Å²) in [5.41, 5.74) is 0. The molecule has 0 aromatic carbocycles. The zero-order chi connectivity index (χ0) is 18.6. The Morgan fingerprint density at radius 3 is 2.78 bits per heavy atom. The molecule has 2 aliphatic heterocycles. The van der Waals surface area contributed by atoms with Gasteiger partial charge in [0, 0.05) is 31.1 Å². The maximum atomic E-state index is 11.7. The fourth-order valence-corrected chi connectivity index (χ4v) is 6.27. The van der Waals surface area contributed by atoms with Gasteiger partial charge in [-0.1, -0.05) is 19.9 Å². The highest BCUT2D eigenvalue weighted by molar-refractivity contribution is 14.0. The average Bonchev–Trinajstić information content (AvgIpc) is 3.22. The second kappa shape index (κ2) is 10.4. The standard InChI is InChI=1S/C19H31N3O2S2.HI/c1-15-6-9-22(13-16(15)2)19(20-8-5-18-4-3-10-25-18)21-12-17-7-11-26(23,24)14-17;/h3-4,10,15-17H,5-9,11-14H2,1-2H3,(H,20,21);1H. The van der Waals surface area contributed by atoms with Crippen molar-refractivity contribution in [3.8, 4) is 0 Å². The Morgan fingerprint density at radius 1 is 1.33 bits per heavy atom. The number of hydrogen-bond donors (Lipinski definition) is 1. The number of nitrogens with zero attached hydrogens (tertiary/aromatic N) is 2. The molecule has 0 spiro atoms. The molecule has 2 aliphatic rings. The number of hydrogen-bond acceptors (Lipinski definition) is 4. The summed E-state index contributed by atoms with van der Waals surface area (Å²) < 4.78 is 23.4. The van der Waals surface area contributed by atoms with Crippen molar-refractivity contribution in [3.63, 3.8) is 0 Å². The predicted octanol–water partition coefficient (Wildman–Crippen LogP) is 3.27. The van der Waals surface area contributed by atoms with Crippen LogP contribution in [0.1, 0.15) is 31.6 Å². The lowest BCUT2D eigenvalue weighted by Crippen LogP contribution is -2.48. The van der Waals surface area contributed by atoms with Gasteiger partial charge >= 0.3 is 0 Å². The van der Waals surface area contributed by atoms with Crippen LogP contribution in [0.15, 0.2) is 22.5 Å². The third-order valence-corrected chi connectivity index (χ3v) is 8.47. The zero-order valence-electron chi connectivity index (χ0n) is 16.3. The third kappa shape index (κ3) is 6.88. The van der Waals surface area contributed by atoms with Gasteiger partial charge in [-0.3, -0.25) is 4.99 Å². The van der Waals surface area contributed by atoms with Crippen molar-refractivity contribution in [1.82, 2.24) is 10.2 Å². The van der Waals surface area contributed by atoms with E-state index in [0.29, 0.717) is 24.0 Å². The lowest BCUT2D eigenvalue weighted by Gasteiger charge is -2.37. The van der Waals surface area contributed by atoms with E-state index in [1.54, 1.807) is 11.3 Å². The van der Waals surface area contributed by atoms with Crippen molar-refractivity contribution in [1.29, 1.82) is 0 Å². The molecule has 1 aromatic rings. The lowest BCUT2D eigenvalue weighted by molar-refractivity contribution is 0.199. The fraction of sp³-hybridized carbons (Fsp3) is 0.737. The smallest absolute Gasteiger partial charge is 0.193 e. The Hall–Kier alpha value is -0.350. The van der Waals surface area contributed by atoms with Crippen LogP contribution in [0.3, 0.4) is 0 Å². The summed E-state index contributed by atoms with van der Waals surface area (Å²) in [7, 11) is -2.83. The van der Waals surface area contributed by atoms with Crippen LogP contribution >= 0.6 is 35.3 Å². The largest absolute Gasteiger partial charge is 0.356 e. The first kappa shape index (κ1) is 22.9. The summed E-state index contributed by atoms with van der Waals surface area (Å²) in [5, 5.41) is 5.65. The predicted molar refractivity (Wildman–Crippen MR) is 125 cm³/mol. The molecule has 3 rings (SSSR count). The molecular formula is C19H32IN3O2S2. The number of likely N-dealkylation sites (tertiary alicyclic amines) is 1. The quantitative estimate of drug-likeness (QED) is 0.364. The van der Waals surface area contributed by atoms with E-state index in [9.17, 15) is 8.42 Å². The number of sulfone groups is 1. The first-order valence-electron chi connectivity index (χ1n) is 9.69. The molecular weight excluding hydrogens is 493 g/mol. The van der Waals surface area contributed by atoms with Gasteiger partial charge in [-0.25, -0.2) is 8.42 Å². The van der Waals surface area contributed by atoms with E-state index in [2.05, 4.69) is 41.6 Å². The summed E-state index contributed by atoms with van der Waals surface area (Å²) in [6.07, 6.45) is 2.93. The van der Waals surface area contributed by atoms with Crippen LogP contribution in [0.5, 0.6) is 0 Å². The molecule has 0 bridgehead atoms. The van der Waals surface area contributed by atoms with Crippen LogP contribution in [0.4, 0.5) is 0 Å². The van der Waals surface area contributed by atoms with E-state index in [1.165, 1.54) is 11.3 Å². The van der Waals surface area contributed by atoms with Crippen molar-refractivity contribution >= 4 is 51.1 Å². The van der Waals surface area contributed by atoms with E-state index < -0.39 is 9.84 Å². The molecule has 3 atom stereocenters. The highest BCUT2D eigenvalue weighted by Crippen LogP contribution is 2.23. The molecule has 1 N–H and O–H groups in total. The zero-order valence-corrected chi connectivity index (χ0v) is 20.2. The Bertz CT molecular complexity index is 707. The van der Waals surface area contributed by atoms with Crippen LogP contribution in [-0.2, 0) is 16.3 Å². The monoisotopic (exact) mass is 525 g/mol. The number of thiophene rings is 1. The van der Waals surface area contributed by atoms with Gasteiger partial charge in [0.1, 0.15) is 0 Å². The molecule has 1 aromatic heterocycles. The Morgan fingerprint density at radius 2 is 2.15 bits per heavy atom. The molecule has 8 heteroatoms. The molecule has 0 saturated carbocycles. The van der Waals surface area contributed by atoms with Gasteiger partial charge in [-0.15, -0.1) is 35.3 Å². The van der Waals surface area contributed by atoms with E-state index in [-0.39, 0.29) is 29.9 Å². The van der Waals surface area contributed by atoms with Crippen LogP contribution in [0.2, 0.25) is 0 Å². The number of guanidine groups is 1. The number of rotatable bonds is 5. The van der Waals surface area contributed by atoms with E-state index in [4.69, 9.17) is 4.99 Å². The van der Waals surface area contributed by atoms with Gasteiger partial charge in [0.25, 0.3) is 0 Å². The normalized spacial score (nSPS) is 28.0. The lowest BCUT2D eigenvalue weighted by atomic mass is 9.89. The Kier molecular flexibility index (Phi) is 8.86. The number of piperidine rings is 1. The first-order chi connectivity index (χ1) is 12.4. The van der Waals surface area contributed by atoms with Crippen LogP contribution in [0.25, 0.3) is 0 Å². The van der Waals surface area contributed by atoms with Crippen LogP contribution in [0, 0.1) is 17.8 Å². The average molecular weight is 526 g/mol. The number of nitrogens with one attached hydrogen (secondary N) is 1. The molecule has 2 saturated heterocycles. The number of halogens is 1. The van der Waals surface area contributed by atoms with E-state index in [1.807, 2.05) is 0 Å². The van der Waals surface area contributed by atoms with Gasteiger partial charge in [0.2, 0.25) is 0 Å². The third-order valence-electron chi connectivity index (χ3n) is 5.69. The van der Waals surface area contributed by atoms with Gasteiger partial charge in [-0.05, 0) is 48.5 Å². The summed E-state index contributed by atoms with van der Waals surface area (Å²) in [5.74, 6) is 3.16. The van der Waals surface area contributed by atoms with Gasteiger partial charge in [0.15, 0.2) is 15.8 Å². The summed E-state index contributed by atoms with van der Waals surface area (Å²) >= 11 is 1.78. The second-order valence-corrected chi connectivity index (χ2v) is 11.1. The topological polar surface area (TPSA) is 61.8 Å². The van der Waals surface area contributed by atoms with Crippen molar-refractivity contribution in [2.45, 2.75) is 33.1 Å². The molecule has 0 radical (unpaired) electrons. The number of aliphatic imine (C=N–C) groups is 1. The van der Waals surface area contributed by atoms with Gasteiger partial charge in [-0.2, -0.15) is 0 Å². The van der Waals surface area contributed by atoms with Gasteiger partial charge in [0.05, 0.1) is 11.5 Å². The SMILES string of the molecule is CC1CCN(C(=NCC2CCS(=O)(=O)C2)NCCc2cccs2)CC1C.I. The maximum absolute atomic E-state index is 11.7. The molecule has 5 nitrogen and oxygen atoms in total. The summed E-state index contributed by atoms with van der Waals surface area (Å²) in [4.78, 5) is 8.58. The minimum Gasteiger partial charge on any atom is -0.356 e. The summed E-state index contributed by atoms with van der Waals surface area (Å²) in [6, 6.07) is 4.25. The molecule has 0 amide bonds. The highest BCUT2D eigenvalue weighted by Gasteiger charge is 2.29. The molecule has 154 valence electrons. The Labute approximate surface area is 185 Å². The molecule has 0 aliphatic carbocycles. The summed E-state index contributed by atoms with van der Waals surface area (Å²) in [6.45, 7) is 8.16. The van der Waals surface area contributed by atoms with Crippen molar-refractivity contribution in [2.24, 2.45) is 22.7 Å². The minimum absolute atomic E-state index is 0. The first-order valence-corrected chi connectivity index (χ1v) is 12.4. The molecule has 3 heterocycles. The van der Waals surface area contributed by atoms with Crippen molar-refractivity contribution < 1.29 is 8.42 Å². The minimum atomic E-state index is -2.83. The second-order valence-electron chi connectivity index (χ2n) is 7.88. The van der Waals surface area contributed by atoms with E-state index in [0.717, 1.165) is 44.4 Å². The molecule has 27 heavy (non-hydrogen) atoms. The molecule has 3 unspecified atom stereocenters. The highest BCUT2D eigenvalue weighted by atomic mass is 127. The van der Waals surface area contributed by atoms with E-state index >= 15 is 0 Å². The van der Waals surface area contributed by atoms with Crippen molar-refractivity contribution in [2.75, 3.05) is 37.7 Å². The maximum Gasteiger partial charge on any atom is 0.193 e. The van der Waals surface area contributed by atoms with Gasteiger partial charge < -0.3 is 10.2 Å². The Balaban J connectivity index is 0.00000261. The fourth-order valence-electron chi connectivity index (χ4n) is 3.71.